The van der Waals surface area contributed by atoms with Crippen molar-refractivity contribution in [2.45, 2.75) is 19.0 Å². The topological polar surface area (TPSA) is 17.1 Å². The summed E-state index contributed by atoms with van der Waals surface area (Å²) in [6.45, 7) is -0.171. The number of allylic oxidation sites excluding steroid dienone is 2. The molecule has 3 aliphatic rings. The Morgan fingerprint density at radius 1 is 1.78 bits per heavy atom. The maximum absolute atomic E-state index is 11.3. The SMILES string of the molecule is CC1=C2C[C@H]1P(=O)(Cl)C2. The van der Waals surface area contributed by atoms with E-state index in [-0.39, 0.29) is 5.66 Å². The first-order chi connectivity index (χ1) is 4.11. The second-order valence-corrected chi connectivity index (χ2v) is 6.93. The lowest BCUT2D eigenvalue weighted by Crippen LogP contribution is -2.10. The lowest BCUT2D eigenvalue weighted by Gasteiger charge is -2.19. The van der Waals surface area contributed by atoms with Crippen LogP contribution in [0.2, 0.25) is 0 Å². The van der Waals surface area contributed by atoms with Gasteiger partial charge in [-0.15, -0.1) is 0 Å². The molecule has 1 aliphatic carbocycles. The first-order valence-electron chi connectivity index (χ1n) is 3.08. The van der Waals surface area contributed by atoms with Crippen LogP contribution in [0.1, 0.15) is 13.3 Å². The van der Waals surface area contributed by atoms with Crippen LogP contribution in [0.4, 0.5) is 0 Å². The maximum atomic E-state index is 11.3. The van der Waals surface area contributed by atoms with Crippen molar-refractivity contribution >= 4 is 17.7 Å². The molecule has 9 heavy (non-hydrogen) atoms. The summed E-state index contributed by atoms with van der Waals surface area (Å²) >= 11 is 5.77. The Balaban J connectivity index is 2.44. The van der Waals surface area contributed by atoms with Crippen LogP contribution in [0.5, 0.6) is 0 Å². The molecule has 2 atom stereocenters. The maximum Gasteiger partial charge on any atom is 0.180 e. The molecule has 0 aromatic heterocycles. The number of fused-ring (bicyclic) bond motifs is 1. The number of hydrogen-bond donors (Lipinski definition) is 0. The van der Waals surface area contributed by atoms with Gasteiger partial charge in [-0.1, -0.05) is 22.4 Å². The zero-order valence-electron chi connectivity index (χ0n) is 5.22. The predicted octanol–water partition coefficient (Wildman–Crippen LogP) is 2.61. The molecule has 0 N–H and O–H groups in total. The van der Waals surface area contributed by atoms with E-state index in [1.54, 1.807) is 0 Å². The molecule has 2 aliphatic heterocycles. The fourth-order valence-electron chi connectivity index (χ4n) is 1.64. The third-order valence-corrected chi connectivity index (χ3v) is 5.75. The van der Waals surface area contributed by atoms with Gasteiger partial charge in [0.15, 0.2) is 6.49 Å². The van der Waals surface area contributed by atoms with E-state index in [4.69, 9.17) is 11.2 Å². The van der Waals surface area contributed by atoms with Gasteiger partial charge in [0.2, 0.25) is 0 Å². The van der Waals surface area contributed by atoms with Crippen molar-refractivity contribution in [2.75, 3.05) is 6.16 Å². The van der Waals surface area contributed by atoms with Gasteiger partial charge in [0, 0.05) is 6.16 Å². The molecule has 1 unspecified atom stereocenters. The summed E-state index contributed by atoms with van der Waals surface area (Å²) < 4.78 is 11.3. The summed E-state index contributed by atoms with van der Waals surface area (Å²) in [5, 5.41) is 0. The van der Waals surface area contributed by atoms with Gasteiger partial charge in [-0.25, -0.2) is 0 Å². The molecular formula is C6H8ClOP. The van der Waals surface area contributed by atoms with Crippen LogP contribution >= 0.6 is 17.7 Å². The normalized spacial score (nSPS) is 47.6. The van der Waals surface area contributed by atoms with Crippen LogP contribution in [-0.4, -0.2) is 11.8 Å². The van der Waals surface area contributed by atoms with Crippen LogP contribution < -0.4 is 0 Å². The lowest BCUT2D eigenvalue weighted by atomic mass is 9.91. The predicted molar refractivity (Wildman–Crippen MR) is 39.4 cm³/mol. The minimum Gasteiger partial charge on any atom is -0.306 e. The molecule has 1 saturated heterocycles. The van der Waals surface area contributed by atoms with Gasteiger partial charge >= 0.3 is 0 Å². The summed E-state index contributed by atoms with van der Waals surface area (Å²) in [5.74, 6) is 0. The Kier molecular flexibility index (Phi) is 0.975. The fraction of sp³-hybridized carbons (Fsp3) is 0.667. The summed E-state index contributed by atoms with van der Waals surface area (Å²) in [7, 11) is 0. The van der Waals surface area contributed by atoms with Gasteiger partial charge in [-0.3, -0.25) is 0 Å². The number of hydrogen-bond acceptors (Lipinski definition) is 1. The van der Waals surface area contributed by atoms with Crippen LogP contribution in [0.25, 0.3) is 0 Å². The van der Waals surface area contributed by atoms with Crippen molar-refractivity contribution in [3.8, 4) is 0 Å². The molecular weight excluding hydrogens is 154 g/mol. The van der Waals surface area contributed by atoms with Crippen molar-refractivity contribution in [1.82, 2.24) is 0 Å². The third-order valence-electron chi connectivity index (χ3n) is 2.37. The Labute approximate surface area is 59.2 Å². The van der Waals surface area contributed by atoms with Crippen molar-refractivity contribution in [2.24, 2.45) is 0 Å². The number of rotatable bonds is 0. The summed E-state index contributed by atoms with van der Waals surface area (Å²) in [6.07, 6.45) is 1.72. The van der Waals surface area contributed by atoms with Crippen molar-refractivity contribution in [1.29, 1.82) is 0 Å². The second kappa shape index (κ2) is 1.46. The standard InChI is InChI=1S/C6H8ClOP/c1-4-5-2-6(4)9(7,8)3-5/h6H,2-3H2,1H3/t6-,9?/m1/s1. The van der Waals surface area contributed by atoms with Crippen molar-refractivity contribution in [3.05, 3.63) is 11.1 Å². The highest BCUT2D eigenvalue weighted by Crippen LogP contribution is 2.72. The van der Waals surface area contributed by atoms with Gasteiger partial charge in [-0.2, -0.15) is 0 Å². The van der Waals surface area contributed by atoms with Crippen LogP contribution in [0.3, 0.4) is 0 Å². The summed E-state index contributed by atoms with van der Waals surface area (Å²) in [4.78, 5) is 0. The van der Waals surface area contributed by atoms with Crippen LogP contribution in [-0.2, 0) is 4.57 Å². The molecule has 0 aromatic rings. The highest BCUT2D eigenvalue weighted by Gasteiger charge is 2.48. The molecule has 2 bridgehead atoms. The highest BCUT2D eigenvalue weighted by molar-refractivity contribution is 7.90. The highest BCUT2D eigenvalue weighted by atomic mass is 35.7. The van der Waals surface area contributed by atoms with E-state index in [2.05, 4.69) is 0 Å². The first-order valence-corrected chi connectivity index (χ1v) is 5.95. The molecule has 50 valence electrons. The molecule has 0 radical (unpaired) electrons. The van der Waals surface area contributed by atoms with Crippen molar-refractivity contribution < 1.29 is 4.57 Å². The molecule has 0 aromatic carbocycles. The molecule has 0 amide bonds. The van der Waals surface area contributed by atoms with E-state index < -0.39 is 6.49 Å². The third kappa shape index (κ3) is 0.598. The quantitative estimate of drug-likeness (QED) is 0.395. The zero-order chi connectivity index (χ0) is 6.65. The molecule has 0 spiro atoms. The van der Waals surface area contributed by atoms with Gasteiger partial charge in [0.25, 0.3) is 0 Å². The molecule has 1 fully saturated rings. The van der Waals surface area contributed by atoms with Crippen molar-refractivity contribution in [3.63, 3.8) is 0 Å². The van der Waals surface area contributed by atoms with E-state index in [0.29, 0.717) is 6.16 Å². The van der Waals surface area contributed by atoms with E-state index >= 15 is 0 Å². The molecule has 3 heteroatoms. The largest absolute Gasteiger partial charge is 0.306 e. The Morgan fingerprint density at radius 2 is 2.44 bits per heavy atom. The van der Waals surface area contributed by atoms with E-state index in [9.17, 15) is 4.57 Å². The fourth-order valence-corrected chi connectivity index (χ4v) is 5.09. The lowest BCUT2D eigenvalue weighted by molar-refractivity contribution is 0.583. The zero-order valence-corrected chi connectivity index (χ0v) is 6.88. The van der Waals surface area contributed by atoms with Gasteiger partial charge in [0.1, 0.15) is 0 Å². The van der Waals surface area contributed by atoms with Gasteiger partial charge < -0.3 is 4.57 Å². The number of halogens is 1. The Morgan fingerprint density at radius 3 is 2.56 bits per heavy atom. The minimum atomic E-state index is -2.22. The smallest absolute Gasteiger partial charge is 0.180 e. The van der Waals surface area contributed by atoms with E-state index in [0.717, 1.165) is 6.42 Å². The molecule has 2 heterocycles. The van der Waals surface area contributed by atoms with E-state index in [1.807, 2.05) is 6.92 Å². The molecule has 0 saturated carbocycles. The Hall–Kier alpha value is 0.260. The molecule has 3 rings (SSSR count). The average molecular weight is 163 g/mol. The van der Waals surface area contributed by atoms with Gasteiger partial charge in [-0.05, 0) is 13.3 Å². The van der Waals surface area contributed by atoms with Crippen LogP contribution in [0.15, 0.2) is 11.1 Å². The summed E-state index contributed by atoms with van der Waals surface area (Å²) in [5.41, 5.74) is 2.95. The minimum absolute atomic E-state index is 0.272. The summed E-state index contributed by atoms with van der Waals surface area (Å²) in [6, 6.07) is 0. The Bertz CT molecular complexity index is 243. The first kappa shape index (κ1) is 6.00. The average Bonchev–Trinajstić information content (AvgIpc) is 2.14. The second-order valence-electron chi connectivity index (χ2n) is 2.87. The van der Waals surface area contributed by atoms with E-state index in [1.165, 1.54) is 11.1 Å². The van der Waals surface area contributed by atoms with Crippen LogP contribution in [0, 0.1) is 0 Å². The molecule has 1 nitrogen and oxygen atoms in total. The monoisotopic (exact) mass is 162 g/mol. The van der Waals surface area contributed by atoms with Gasteiger partial charge in [0.05, 0.1) is 5.66 Å².